The summed E-state index contributed by atoms with van der Waals surface area (Å²) < 4.78 is 49.5. The van der Waals surface area contributed by atoms with E-state index in [0.29, 0.717) is 11.4 Å². The molecule has 0 unspecified atom stereocenters. The lowest BCUT2D eigenvalue weighted by atomic mass is 10.2. The van der Waals surface area contributed by atoms with E-state index in [1.165, 1.54) is 30.0 Å². The number of halogens is 3. The average molecular weight is 401 g/mol. The number of carbonyl (C=O) groups is 1. The summed E-state index contributed by atoms with van der Waals surface area (Å²) in [5, 5.41) is 9.15. The van der Waals surface area contributed by atoms with Gasteiger partial charge in [-0.15, -0.1) is 0 Å². The van der Waals surface area contributed by atoms with Gasteiger partial charge in [0.1, 0.15) is 17.6 Å². The largest absolute Gasteiger partial charge is 0.464 e. The van der Waals surface area contributed by atoms with Crippen molar-refractivity contribution in [1.29, 1.82) is 5.26 Å². The number of hydrogen-bond donors (Lipinski definition) is 1. The number of esters is 1. The van der Waals surface area contributed by atoms with Gasteiger partial charge in [-0.3, -0.25) is 0 Å². The summed E-state index contributed by atoms with van der Waals surface area (Å²) >= 11 is 0. The molecule has 3 rings (SSSR count). The molecule has 6 nitrogen and oxygen atoms in total. The van der Waals surface area contributed by atoms with E-state index in [-0.39, 0.29) is 22.7 Å². The molecule has 2 N–H and O–H groups in total. The Kier molecular flexibility index (Phi) is 5.19. The maximum Gasteiger partial charge on any atom is 0.416 e. The predicted molar refractivity (Wildman–Crippen MR) is 97.8 cm³/mol. The second-order valence-corrected chi connectivity index (χ2v) is 5.90. The van der Waals surface area contributed by atoms with Gasteiger partial charge in [0.2, 0.25) is 0 Å². The lowest BCUT2D eigenvalue weighted by molar-refractivity contribution is -0.137. The number of nitrogen functional groups attached to an aromatic ring is 1. The van der Waals surface area contributed by atoms with Gasteiger partial charge in [-0.25, -0.2) is 4.79 Å². The van der Waals surface area contributed by atoms with Gasteiger partial charge < -0.3 is 19.8 Å². The third-order valence-corrected chi connectivity index (χ3v) is 4.08. The Bertz CT molecular complexity index is 1080. The molecule has 3 aromatic rings. The first-order valence-electron chi connectivity index (χ1n) is 8.19. The van der Waals surface area contributed by atoms with Crippen LogP contribution in [0.3, 0.4) is 0 Å². The summed E-state index contributed by atoms with van der Waals surface area (Å²) in [4.78, 5) is 12.0. The molecular weight excluding hydrogens is 387 g/mol. The van der Waals surface area contributed by atoms with Crippen molar-refractivity contribution < 1.29 is 27.4 Å². The van der Waals surface area contributed by atoms with Crippen LogP contribution in [0.2, 0.25) is 0 Å². The van der Waals surface area contributed by atoms with Crippen LogP contribution in [0.15, 0.2) is 54.7 Å². The van der Waals surface area contributed by atoms with Crippen molar-refractivity contribution in [2.24, 2.45) is 0 Å². The molecule has 29 heavy (non-hydrogen) atoms. The van der Waals surface area contributed by atoms with Crippen molar-refractivity contribution in [2.75, 3.05) is 12.8 Å². The molecule has 148 valence electrons. The second kappa shape index (κ2) is 7.59. The normalized spacial score (nSPS) is 11.0. The van der Waals surface area contributed by atoms with Gasteiger partial charge in [0, 0.05) is 11.9 Å². The summed E-state index contributed by atoms with van der Waals surface area (Å²) in [5.41, 5.74) is 5.74. The zero-order valence-electron chi connectivity index (χ0n) is 15.0. The first-order chi connectivity index (χ1) is 13.7. The Morgan fingerprint density at radius 3 is 2.10 bits per heavy atom. The number of nitriles is 1. The van der Waals surface area contributed by atoms with E-state index in [2.05, 4.69) is 0 Å². The number of benzene rings is 2. The van der Waals surface area contributed by atoms with Crippen LogP contribution in [-0.4, -0.2) is 17.6 Å². The van der Waals surface area contributed by atoms with Crippen LogP contribution < -0.4 is 10.5 Å². The van der Waals surface area contributed by atoms with Crippen molar-refractivity contribution in [3.05, 3.63) is 71.5 Å². The van der Waals surface area contributed by atoms with Gasteiger partial charge in [0.25, 0.3) is 0 Å². The minimum absolute atomic E-state index is 0.00410. The summed E-state index contributed by atoms with van der Waals surface area (Å²) in [6, 6.07) is 12.5. The molecule has 9 heteroatoms. The van der Waals surface area contributed by atoms with Crippen LogP contribution in [0, 0.1) is 11.3 Å². The van der Waals surface area contributed by atoms with Crippen LogP contribution >= 0.6 is 0 Å². The van der Waals surface area contributed by atoms with Gasteiger partial charge in [-0.05, 0) is 48.5 Å². The van der Waals surface area contributed by atoms with E-state index >= 15 is 0 Å². The lowest BCUT2D eigenvalue weighted by Crippen LogP contribution is -2.11. The Morgan fingerprint density at radius 2 is 1.62 bits per heavy atom. The molecule has 0 aliphatic heterocycles. The standard InChI is InChI=1S/C20H14F3N3O3/c1-28-19(27)18-17(25)12(10-24)11-26(18)14-4-8-16(9-5-14)29-15-6-2-13(3-7-15)20(21,22)23/h2-9,11H,25H2,1H3. The molecule has 1 heterocycles. The SMILES string of the molecule is COC(=O)c1c(N)c(C#N)cn1-c1ccc(Oc2ccc(C(F)(F)F)cc2)cc1. The molecule has 0 atom stereocenters. The van der Waals surface area contributed by atoms with E-state index in [1.54, 1.807) is 24.3 Å². The molecule has 1 aromatic heterocycles. The fourth-order valence-corrected chi connectivity index (χ4v) is 2.64. The molecule has 0 spiro atoms. The van der Waals surface area contributed by atoms with Gasteiger partial charge in [0.15, 0.2) is 5.69 Å². The van der Waals surface area contributed by atoms with Crippen LogP contribution in [0.5, 0.6) is 11.5 Å². The van der Waals surface area contributed by atoms with Crippen molar-refractivity contribution >= 4 is 11.7 Å². The molecule has 0 fully saturated rings. The van der Waals surface area contributed by atoms with Crippen molar-refractivity contribution in [2.45, 2.75) is 6.18 Å². The smallest absolute Gasteiger partial charge is 0.416 e. The zero-order chi connectivity index (χ0) is 21.2. The number of rotatable bonds is 4. The zero-order valence-corrected chi connectivity index (χ0v) is 15.0. The summed E-state index contributed by atoms with van der Waals surface area (Å²) in [7, 11) is 1.20. The number of ether oxygens (including phenoxy) is 2. The van der Waals surface area contributed by atoms with Gasteiger partial charge in [-0.2, -0.15) is 18.4 Å². The predicted octanol–water partition coefficient (Wildman–Crippen LogP) is 4.53. The van der Waals surface area contributed by atoms with E-state index in [4.69, 9.17) is 20.5 Å². The van der Waals surface area contributed by atoms with E-state index < -0.39 is 17.7 Å². The Balaban J connectivity index is 1.86. The highest BCUT2D eigenvalue weighted by molar-refractivity contribution is 5.95. The monoisotopic (exact) mass is 401 g/mol. The van der Waals surface area contributed by atoms with Crippen molar-refractivity contribution in [1.82, 2.24) is 4.57 Å². The number of aromatic nitrogens is 1. The molecule has 0 aliphatic rings. The third kappa shape index (κ3) is 4.01. The first kappa shape index (κ1) is 19.8. The van der Waals surface area contributed by atoms with Crippen LogP contribution in [0.25, 0.3) is 5.69 Å². The molecule has 0 bridgehead atoms. The average Bonchev–Trinajstić information content (AvgIpc) is 3.04. The highest BCUT2D eigenvalue weighted by Gasteiger charge is 2.30. The molecule has 0 amide bonds. The quantitative estimate of drug-likeness (QED) is 0.649. The number of anilines is 1. The Hall–Kier alpha value is -3.93. The van der Waals surface area contributed by atoms with E-state index in [1.807, 2.05) is 6.07 Å². The van der Waals surface area contributed by atoms with Crippen molar-refractivity contribution in [3.8, 4) is 23.3 Å². The molecule has 0 radical (unpaired) electrons. The van der Waals surface area contributed by atoms with Crippen LogP contribution in [0.1, 0.15) is 21.6 Å². The Labute approximate surface area is 163 Å². The van der Waals surface area contributed by atoms with Crippen LogP contribution in [0.4, 0.5) is 18.9 Å². The van der Waals surface area contributed by atoms with Gasteiger partial charge in [-0.1, -0.05) is 0 Å². The molecule has 0 saturated carbocycles. The maximum absolute atomic E-state index is 12.6. The number of methoxy groups -OCH3 is 1. The number of nitrogens with two attached hydrogens (primary N) is 1. The molecular formula is C20H14F3N3O3. The van der Waals surface area contributed by atoms with Crippen molar-refractivity contribution in [3.63, 3.8) is 0 Å². The Morgan fingerprint density at radius 1 is 1.07 bits per heavy atom. The summed E-state index contributed by atoms with van der Waals surface area (Å²) in [6.07, 6.45) is -3.01. The molecule has 2 aromatic carbocycles. The summed E-state index contributed by atoms with van der Waals surface area (Å²) in [6.45, 7) is 0. The topological polar surface area (TPSA) is 90.3 Å². The first-order valence-corrected chi connectivity index (χ1v) is 8.19. The lowest BCUT2D eigenvalue weighted by Gasteiger charge is -2.11. The van der Waals surface area contributed by atoms with Gasteiger partial charge in [0.05, 0.1) is 23.9 Å². The fourth-order valence-electron chi connectivity index (χ4n) is 2.64. The second-order valence-electron chi connectivity index (χ2n) is 5.90. The fraction of sp³-hybridized carbons (Fsp3) is 0.100. The highest BCUT2D eigenvalue weighted by Crippen LogP contribution is 2.32. The number of alkyl halides is 3. The molecule has 0 aliphatic carbocycles. The maximum atomic E-state index is 12.6. The number of hydrogen-bond acceptors (Lipinski definition) is 5. The van der Waals surface area contributed by atoms with E-state index in [0.717, 1.165) is 12.1 Å². The van der Waals surface area contributed by atoms with Crippen LogP contribution in [-0.2, 0) is 10.9 Å². The molecule has 0 saturated heterocycles. The highest BCUT2D eigenvalue weighted by atomic mass is 19.4. The minimum Gasteiger partial charge on any atom is -0.464 e. The van der Waals surface area contributed by atoms with Gasteiger partial charge >= 0.3 is 12.1 Å². The summed E-state index contributed by atoms with van der Waals surface area (Å²) in [5.74, 6) is -0.0965. The number of carbonyl (C=O) groups excluding carboxylic acids is 1. The number of nitrogens with zero attached hydrogens (tertiary/aromatic N) is 2. The third-order valence-electron chi connectivity index (χ3n) is 4.08. The van der Waals surface area contributed by atoms with E-state index in [9.17, 15) is 18.0 Å². The minimum atomic E-state index is -4.42.